The van der Waals surface area contributed by atoms with Crippen LogP contribution < -0.4 is 10.1 Å². The van der Waals surface area contributed by atoms with Crippen LogP contribution in [0.15, 0.2) is 47.4 Å². The fraction of sp³-hybridized carbons (Fsp3) is 0.182. The number of halogens is 2. The molecule has 33 heavy (non-hydrogen) atoms. The predicted octanol–water partition coefficient (Wildman–Crippen LogP) is 3.58. The second-order valence-electron chi connectivity index (χ2n) is 6.60. The molecule has 3 rings (SSSR count). The molecule has 0 spiro atoms. The van der Waals surface area contributed by atoms with E-state index in [1.165, 1.54) is 6.08 Å². The Kier molecular flexibility index (Phi) is 7.78. The van der Waals surface area contributed by atoms with Gasteiger partial charge in [0.05, 0.1) is 17.2 Å². The van der Waals surface area contributed by atoms with Crippen molar-refractivity contribution in [1.29, 1.82) is 0 Å². The van der Waals surface area contributed by atoms with Crippen molar-refractivity contribution in [2.24, 2.45) is 0 Å². The summed E-state index contributed by atoms with van der Waals surface area (Å²) in [5.74, 6) is -3.36. The van der Waals surface area contributed by atoms with Gasteiger partial charge in [-0.05, 0) is 54.6 Å². The highest BCUT2D eigenvalue weighted by Crippen LogP contribution is 2.32. The van der Waals surface area contributed by atoms with E-state index in [4.69, 9.17) is 9.47 Å². The molecule has 0 aliphatic carbocycles. The summed E-state index contributed by atoms with van der Waals surface area (Å²) in [4.78, 5) is 49.1. The van der Waals surface area contributed by atoms with Gasteiger partial charge in [0.25, 0.3) is 11.1 Å². The number of imide groups is 1. The van der Waals surface area contributed by atoms with Gasteiger partial charge in [0.1, 0.15) is 23.9 Å². The molecule has 11 heteroatoms. The number of thioether (sulfide) groups is 1. The maximum atomic E-state index is 13.7. The summed E-state index contributed by atoms with van der Waals surface area (Å²) in [5, 5.41) is 1.54. The van der Waals surface area contributed by atoms with E-state index in [1.54, 1.807) is 31.2 Å². The molecule has 0 radical (unpaired) electrons. The maximum Gasteiger partial charge on any atom is 0.344 e. The topological polar surface area (TPSA) is 102 Å². The number of nitrogens with zero attached hydrogens (tertiary/aromatic N) is 1. The molecule has 1 heterocycles. The average Bonchev–Trinajstić information content (AvgIpc) is 3.03. The Hall–Kier alpha value is -3.73. The van der Waals surface area contributed by atoms with Crippen LogP contribution in [0.4, 0.5) is 19.3 Å². The van der Waals surface area contributed by atoms with E-state index < -0.39 is 41.2 Å². The zero-order valence-electron chi connectivity index (χ0n) is 17.3. The molecule has 3 amide bonds. The third-order valence-electron chi connectivity index (χ3n) is 4.22. The first-order chi connectivity index (χ1) is 15.8. The fourth-order valence-corrected chi connectivity index (χ4v) is 3.56. The summed E-state index contributed by atoms with van der Waals surface area (Å²) in [6.07, 6.45) is 1.47. The number of nitrogens with one attached hydrogen (secondary N) is 1. The molecule has 0 unspecified atom stereocenters. The largest absolute Gasteiger partial charge is 0.482 e. The first kappa shape index (κ1) is 23.9. The van der Waals surface area contributed by atoms with E-state index in [0.29, 0.717) is 29.1 Å². The van der Waals surface area contributed by atoms with E-state index in [-0.39, 0.29) is 23.8 Å². The van der Waals surface area contributed by atoms with E-state index >= 15 is 0 Å². The van der Waals surface area contributed by atoms with Crippen LogP contribution in [0.5, 0.6) is 5.75 Å². The Labute approximate surface area is 191 Å². The number of rotatable bonds is 8. The number of hydrogen-bond donors (Lipinski definition) is 1. The molecule has 8 nitrogen and oxygen atoms in total. The SMILES string of the molecule is CCOC(=O)COc1ccc(C=C2SC(=O)N(CC(=O)Nc3ccc(F)cc3F)C2=O)cc1. The summed E-state index contributed by atoms with van der Waals surface area (Å²) in [6.45, 7) is 1.07. The highest BCUT2D eigenvalue weighted by atomic mass is 32.2. The van der Waals surface area contributed by atoms with Gasteiger partial charge in [-0.25, -0.2) is 13.6 Å². The Balaban J connectivity index is 1.60. The van der Waals surface area contributed by atoms with Crippen molar-refractivity contribution in [2.75, 3.05) is 25.1 Å². The second-order valence-corrected chi connectivity index (χ2v) is 7.60. The molecule has 2 aromatic rings. The number of hydrogen-bond acceptors (Lipinski definition) is 7. The molecule has 1 saturated heterocycles. The van der Waals surface area contributed by atoms with Crippen LogP contribution in [0, 0.1) is 11.6 Å². The number of esters is 1. The zero-order chi connectivity index (χ0) is 24.0. The summed E-state index contributed by atoms with van der Waals surface area (Å²) in [6, 6.07) is 9.02. The minimum Gasteiger partial charge on any atom is -0.482 e. The van der Waals surface area contributed by atoms with Crippen molar-refractivity contribution in [1.82, 2.24) is 4.90 Å². The third kappa shape index (κ3) is 6.39. The van der Waals surface area contributed by atoms with Gasteiger partial charge in [0, 0.05) is 6.07 Å². The molecule has 0 aromatic heterocycles. The molecule has 1 aliphatic rings. The van der Waals surface area contributed by atoms with Crippen molar-refractivity contribution in [3.05, 3.63) is 64.6 Å². The number of amides is 3. The molecule has 1 N–H and O–H groups in total. The lowest BCUT2D eigenvalue weighted by Gasteiger charge is -2.12. The van der Waals surface area contributed by atoms with E-state index in [9.17, 15) is 28.0 Å². The normalized spacial score (nSPS) is 14.5. The Morgan fingerprint density at radius 1 is 1.12 bits per heavy atom. The molecule has 0 atom stereocenters. The van der Waals surface area contributed by atoms with Gasteiger partial charge in [-0.15, -0.1) is 0 Å². The van der Waals surface area contributed by atoms with Gasteiger partial charge in [-0.1, -0.05) is 12.1 Å². The van der Waals surface area contributed by atoms with E-state index in [0.717, 1.165) is 17.0 Å². The molecular weight excluding hydrogens is 458 g/mol. The van der Waals surface area contributed by atoms with Crippen LogP contribution in [0.3, 0.4) is 0 Å². The van der Waals surface area contributed by atoms with Gasteiger partial charge in [-0.3, -0.25) is 19.3 Å². The van der Waals surface area contributed by atoms with Crippen LogP contribution in [0.1, 0.15) is 12.5 Å². The first-order valence-corrected chi connectivity index (χ1v) is 10.5. The monoisotopic (exact) mass is 476 g/mol. The third-order valence-corrected chi connectivity index (χ3v) is 5.13. The van der Waals surface area contributed by atoms with Crippen molar-refractivity contribution >= 4 is 46.5 Å². The lowest BCUT2D eigenvalue weighted by molar-refractivity contribution is -0.145. The van der Waals surface area contributed by atoms with Crippen LogP contribution in [0.25, 0.3) is 6.08 Å². The van der Waals surface area contributed by atoms with Crippen molar-refractivity contribution in [3.8, 4) is 5.75 Å². The number of ether oxygens (including phenoxy) is 2. The molecule has 2 aromatic carbocycles. The molecule has 172 valence electrons. The van der Waals surface area contributed by atoms with Gasteiger partial charge >= 0.3 is 5.97 Å². The molecular formula is C22H18F2N2O6S. The maximum absolute atomic E-state index is 13.7. The summed E-state index contributed by atoms with van der Waals surface area (Å²) < 4.78 is 36.7. The standard InChI is InChI=1S/C22H18F2N2O6S/c1-2-31-20(28)12-32-15-6-3-13(4-7-15)9-18-21(29)26(22(30)33-18)11-19(27)25-17-8-5-14(23)10-16(17)24/h3-10H,2,11-12H2,1H3,(H,25,27). The second kappa shape index (κ2) is 10.7. The number of carbonyl (C=O) groups excluding carboxylic acids is 4. The Morgan fingerprint density at radius 2 is 1.85 bits per heavy atom. The predicted molar refractivity (Wildman–Crippen MR) is 116 cm³/mol. The van der Waals surface area contributed by atoms with E-state index in [1.807, 2.05) is 0 Å². The summed E-state index contributed by atoms with van der Waals surface area (Å²) in [7, 11) is 0. The van der Waals surface area contributed by atoms with Crippen molar-refractivity contribution in [2.45, 2.75) is 6.92 Å². The number of anilines is 1. The fourth-order valence-electron chi connectivity index (χ4n) is 2.72. The minimum absolute atomic E-state index is 0.0981. The average molecular weight is 476 g/mol. The highest BCUT2D eigenvalue weighted by molar-refractivity contribution is 8.18. The summed E-state index contributed by atoms with van der Waals surface area (Å²) >= 11 is 0.656. The molecule has 1 fully saturated rings. The van der Waals surface area contributed by atoms with Crippen LogP contribution in [0.2, 0.25) is 0 Å². The number of carbonyl (C=O) groups is 4. The van der Waals surface area contributed by atoms with Crippen molar-refractivity contribution in [3.63, 3.8) is 0 Å². The minimum atomic E-state index is -0.980. The van der Waals surface area contributed by atoms with Crippen LogP contribution >= 0.6 is 11.8 Å². The van der Waals surface area contributed by atoms with Gasteiger partial charge in [0.15, 0.2) is 6.61 Å². The van der Waals surface area contributed by atoms with Gasteiger partial charge in [0.2, 0.25) is 5.91 Å². The number of benzene rings is 2. The van der Waals surface area contributed by atoms with Crippen LogP contribution in [-0.4, -0.2) is 47.7 Å². The summed E-state index contributed by atoms with van der Waals surface area (Å²) in [5.41, 5.74) is 0.316. The van der Waals surface area contributed by atoms with Gasteiger partial charge in [-0.2, -0.15) is 0 Å². The van der Waals surface area contributed by atoms with Crippen LogP contribution in [-0.2, 0) is 19.1 Å². The zero-order valence-corrected chi connectivity index (χ0v) is 18.1. The molecule has 1 aliphatic heterocycles. The highest BCUT2D eigenvalue weighted by Gasteiger charge is 2.36. The van der Waals surface area contributed by atoms with E-state index in [2.05, 4.69) is 5.32 Å². The van der Waals surface area contributed by atoms with Gasteiger partial charge < -0.3 is 14.8 Å². The Morgan fingerprint density at radius 3 is 2.52 bits per heavy atom. The lowest BCUT2D eigenvalue weighted by Crippen LogP contribution is -2.36. The quantitative estimate of drug-likeness (QED) is 0.459. The lowest BCUT2D eigenvalue weighted by atomic mass is 10.2. The van der Waals surface area contributed by atoms with Crippen molar-refractivity contribution < 1.29 is 37.4 Å². The first-order valence-electron chi connectivity index (χ1n) is 9.65. The molecule has 0 saturated carbocycles. The molecule has 0 bridgehead atoms. The smallest absolute Gasteiger partial charge is 0.344 e. The Bertz CT molecular complexity index is 1120.